The summed E-state index contributed by atoms with van der Waals surface area (Å²) in [6.45, 7) is 7.71. The van der Waals surface area contributed by atoms with Crippen LogP contribution in [0, 0.1) is 27.7 Å². The van der Waals surface area contributed by atoms with E-state index in [1.807, 2.05) is 100 Å². The topological polar surface area (TPSA) is 127 Å². The van der Waals surface area contributed by atoms with Crippen LogP contribution in [0.3, 0.4) is 0 Å². The minimum Gasteiger partial charge on any atom is -0.417 e. The van der Waals surface area contributed by atoms with Gasteiger partial charge >= 0.3 is 0 Å². The Balaban J connectivity index is 1.38. The highest BCUT2D eigenvalue weighted by atomic mass is 16.4. The van der Waals surface area contributed by atoms with Gasteiger partial charge in [0.2, 0.25) is 11.8 Å². The summed E-state index contributed by atoms with van der Waals surface area (Å²) in [5.74, 6) is 1.84. The second-order valence-corrected chi connectivity index (χ2v) is 9.67. The predicted molar refractivity (Wildman–Crippen MR) is 149 cm³/mol. The van der Waals surface area contributed by atoms with Gasteiger partial charge in [0.05, 0.1) is 11.4 Å². The summed E-state index contributed by atoms with van der Waals surface area (Å²) in [6, 6.07) is 23.1. The van der Waals surface area contributed by atoms with Crippen molar-refractivity contribution in [2.75, 3.05) is 0 Å². The van der Waals surface area contributed by atoms with Gasteiger partial charge in [0, 0.05) is 22.5 Å². The van der Waals surface area contributed by atoms with Gasteiger partial charge in [-0.15, -0.1) is 10.2 Å². The van der Waals surface area contributed by atoms with Crippen molar-refractivity contribution in [2.45, 2.75) is 27.7 Å². The molecule has 7 rings (SSSR count). The summed E-state index contributed by atoms with van der Waals surface area (Å²) < 4.78 is 22.1. The molecule has 0 aliphatic rings. The summed E-state index contributed by atoms with van der Waals surface area (Å²) in [5.41, 5.74) is 5.73. The van der Waals surface area contributed by atoms with Crippen molar-refractivity contribution < 1.29 is 13.3 Å². The number of rotatable bonds is 6. The predicted octanol–water partition coefficient (Wildman–Crippen LogP) is 6.32. The monoisotopic (exact) mass is 544 g/mol. The first kappa shape index (κ1) is 24.5. The molecule has 5 heterocycles. The Hall–Kier alpha value is -5.58. The average molecular weight is 545 g/mol. The molecule has 41 heavy (non-hydrogen) atoms. The fourth-order valence-electron chi connectivity index (χ4n) is 4.68. The van der Waals surface area contributed by atoms with E-state index in [-0.39, 0.29) is 11.8 Å². The maximum atomic E-state index is 6.24. The van der Waals surface area contributed by atoms with Gasteiger partial charge in [-0.3, -0.25) is 0 Å². The maximum absolute atomic E-state index is 6.24. The van der Waals surface area contributed by atoms with Gasteiger partial charge in [-0.05, 0) is 64.1 Å². The van der Waals surface area contributed by atoms with Gasteiger partial charge in [-0.1, -0.05) is 36.4 Å². The van der Waals surface area contributed by atoms with Crippen molar-refractivity contribution in [1.82, 2.24) is 39.7 Å². The zero-order chi connectivity index (χ0) is 28.1. The van der Waals surface area contributed by atoms with Crippen LogP contribution in [0.25, 0.3) is 57.8 Å². The first-order valence-corrected chi connectivity index (χ1v) is 13.0. The molecule has 0 fully saturated rings. The number of nitrogens with zero attached hydrogens (tertiary/aromatic N) is 8. The van der Waals surface area contributed by atoms with E-state index in [1.54, 1.807) is 9.36 Å². The highest BCUT2D eigenvalue weighted by molar-refractivity contribution is 5.67. The number of hydrogen-bond donors (Lipinski definition) is 0. The molecule has 0 unspecified atom stereocenters. The van der Waals surface area contributed by atoms with Crippen LogP contribution in [-0.2, 0) is 0 Å². The van der Waals surface area contributed by atoms with Gasteiger partial charge in [-0.25, -0.2) is 19.3 Å². The zero-order valence-corrected chi connectivity index (χ0v) is 22.7. The molecule has 2 aromatic carbocycles. The molecule has 5 aromatic heterocycles. The normalized spacial score (nSPS) is 11.4. The summed E-state index contributed by atoms with van der Waals surface area (Å²) >= 11 is 0. The molecule has 11 nitrogen and oxygen atoms in total. The van der Waals surface area contributed by atoms with E-state index in [1.165, 1.54) is 0 Å². The van der Waals surface area contributed by atoms with E-state index in [4.69, 9.17) is 23.2 Å². The van der Waals surface area contributed by atoms with E-state index in [9.17, 15) is 0 Å². The SMILES string of the molecule is Cc1cc(C)n(-c2oc(-c3ccccc3)nc2-c2nnc(-c3nc(-c4ccccc4)oc3-n3nc(C)cc3C)o2)n1. The Kier molecular flexibility index (Phi) is 5.70. The van der Waals surface area contributed by atoms with Crippen LogP contribution in [-0.4, -0.2) is 39.7 Å². The quantitative estimate of drug-likeness (QED) is 0.236. The zero-order valence-electron chi connectivity index (χ0n) is 22.7. The minimum absolute atomic E-state index is 0.150. The van der Waals surface area contributed by atoms with E-state index in [0.717, 1.165) is 33.9 Å². The molecule has 0 spiro atoms. The third-order valence-electron chi connectivity index (χ3n) is 6.49. The first-order valence-electron chi connectivity index (χ1n) is 13.0. The molecule has 0 N–H and O–H groups in total. The molecular formula is C30H24N8O3. The Bertz CT molecular complexity index is 1850. The largest absolute Gasteiger partial charge is 0.417 e. The smallest absolute Gasteiger partial charge is 0.272 e. The number of aromatic nitrogens is 8. The lowest BCUT2D eigenvalue weighted by atomic mass is 10.2. The molecule has 0 atom stereocenters. The van der Waals surface area contributed by atoms with Crippen molar-refractivity contribution >= 4 is 0 Å². The fourth-order valence-corrected chi connectivity index (χ4v) is 4.68. The second-order valence-electron chi connectivity index (χ2n) is 9.67. The van der Waals surface area contributed by atoms with Crippen molar-refractivity contribution in [2.24, 2.45) is 0 Å². The van der Waals surface area contributed by atoms with Gasteiger partial charge < -0.3 is 13.3 Å². The lowest BCUT2D eigenvalue weighted by molar-refractivity contribution is 0.520. The molecule has 7 aromatic rings. The third kappa shape index (κ3) is 4.33. The van der Waals surface area contributed by atoms with Crippen LogP contribution < -0.4 is 0 Å². The van der Waals surface area contributed by atoms with Crippen LogP contribution in [0.4, 0.5) is 0 Å². The summed E-state index contributed by atoms with van der Waals surface area (Å²) in [7, 11) is 0. The Morgan fingerprint density at radius 2 is 0.927 bits per heavy atom. The van der Waals surface area contributed by atoms with Crippen LogP contribution in [0.1, 0.15) is 22.8 Å². The number of hydrogen-bond acceptors (Lipinski definition) is 9. The van der Waals surface area contributed by atoms with E-state index >= 15 is 0 Å². The van der Waals surface area contributed by atoms with E-state index in [0.29, 0.717) is 34.9 Å². The summed E-state index contributed by atoms with van der Waals surface area (Å²) in [6.07, 6.45) is 0. The maximum Gasteiger partial charge on any atom is 0.272 e. The Morgan fingerprint density at radius 3 is 1.29 bits per heavy atom. The van der Waals surface area contributed by atoms with Crippen LogP contribution in [0.2, 0.25) is 0 Å². The van der Waals surface area contributed by atoms with E-state index in [2.05, 4.69) is 20.4 Å². The number of benzene rings is 2. The lowest BCUT2D eigenvalue weighted by Gasteiger charge is -2.01. The number of aryl methyl sites for hydroxylation is 4. The Morgan fingerprint density at radius 1 is 0.512 bits per heavy atom. The minimum atomic E-state index is 0.150. The van der Waals surface area contributed by atoms with Crippen molar-refractivity contribution in [1.29, 1.82) is 0 Å². The molecule has 0 amide bonds. The summed E-state index contributed by atoms with van der Waals surface area (Å²) in [5, 5.41) is 17.9. The van der Waals surface area contributed by atoms with Crippen molar-refractivity contribution in [3.63, 3.8) is 0 Å². The second kappa shape index (κ2) is 9.56. The van der Waals surface area contributed by atoms with Gasteiger partial charge in [0.1, 0.15) is 0 Å². The fraction of sp³-hybridized carbons (Fsp3) is 0.133. The van der Waals surface area contributed by atoms with Gasteiger partial charge in [-0.2, -0.15) is 10.2 Å². The molecule has 0 aliphatic heterocycles. The molecule has 0 bridgehead atoms. The molecule has 202 valence electrons. The molecule has 11 heteroatoms. The van der Waals surface area contributed by atoms with E-state index < -0.39 is 0 Å². The van der Waals surface area contributed by atoms with Crippen molar-refractivity contribution in [3.8, 4) is 57.8 Å². The highest BCUT2D eigenvalue weighted by Gasteiger charge is 2.28. The summed E-state index contributed by atoms with van der Waals surface area (Å²) in [4.78, 5) is 9.50. The molecule has 0 radical (unpaired) electrons. The molecule has 0 saturated carbocycles. The molecule has 0 aliphatic carbocycles. The lowest BCUT2D eigenvalue weighted by Crippen LogP contribution is -2.00. The van der Waals surface area contributed by atoms with Crippen LogP contribution in [0.5, 0.6) is 0 Å². The third-order valence-corrected chi connectivity index (χ3v) is 6.49. The highest BCUT2D eigenvalue weighted by Crippen LogP contribution is 2.36. The van der Waals surface area contributed by atoms with Crippen LogP contribution >= 0.6 is 0 Å². The molecular weight excluding hydrogens is 520 g/mol. The van der Waals surface area contributed by atoms with Crippen molar-refractivity contribution in [3.05, 3.63) is 95.6 Å². The standard InChI is InChI=1S/C30H24N8O3/c1-17-15-19(3)37(35-17)29-23(31-25(40-29)21-11-7-5-8-12-21)27-33-34-28(39-27)24-30(38-20(4)16-18(2)36-38)41-26(32-24)22-13-9-6-10-14-22/h5-16H,1-4H3. The average Bonchev–Trinajstić information content (AvgIpc) is 3.80. The number of oxazole rings is 2. The van der Waals surface area contributed by atoms with Crippen LogP contribution in [0.15, 0.2) is 86.0 Å². The first-order chi connectivity index (χ1) is 19.9. The molecule has 0 saturated heterocycles. The Labute approximate surface area is 234 Å². The van der Waals surface area contributed by atoms with Gasteiger partial charge in [0.15, 0.2) is 11.4 Å². The van der Waals surface area contributed by atoms with Gasteiger partial charge in [0.25, 0.3) is 23.5 Å².